The summed E-state index contributed by atoms with van der Waals surface area (Å²) in [7, 11) is 4.32. The Balaban J connectivity index is 1.54. The van der Waals surface area contributed by atoms with E-state index in [1.54, 1.807) is 12.3 Å². The number of likely N-dealkylation sites (N-methyl/N-ethyl adjacent to an activating group) is 2. The molecule has 2 aliphatic heterocycles. The van der Waals surface area contributed by atoms with Gasteiger partial charge < -0.3 is 24.6 Å². The topological polar surface area (TPSA) is 71.6 Å². The highest BCUT2D eigenvalue weighted by atomic mass is 16.1. The van der Waals surface area contributed by atoms with E-state index in [9.17, 15) is 4.79 Å². The van der Waals surface area contributed by atoms with Crippen LogP contribution >= 0.6 is 0 Å². The molecule has 172 valence electrons. The fraction of sp³-hybridized carbons (Fsp3) is 0.400. The Morgan fingerprint density at radius 1 is 0.727 bits per heavy atom. The maximum atomic E-state index is 12.0. The molecule has 0 aromatic carbocycles. The van der Waals surface area contributed by atoms with Gasteiger partial charge in [-0.05, 0) is 38.4 Å². The largest absolute Gasteiger partial charge is 0.369 e. The summed E-state index contributed by atoms with van der Waals surface area (Å²) in [6.45, 7) is 8.08. The van der Waals surface area contributed by atoms with Crippen molar-refractivity contribution in [1.29, 1.82) is 0 Å². The van der Waals surface area contributed by atoms with E-state index < -0.39 is 0 Å². The van der Waals surface area contributed by atoms with Crippen LogP contribution in [0.1, 0.15) is 0 Å². The average molecular weight is 446 g/mol. The number of anilines is 2. The molecular weight excluding hydrogens is 414 g/mol. The standard InChI is InChI=1S/C25H31N7O/c1-29-7-11-31(12-8-29)19-3-5-26-22(15-19)24-16-20(32-13-9-30(2)10-14-32)17-25(28-24)23-18-21(33)4-6-27-23/h3-6,15-18H,7-14H2,1-2H3,(H,27,33). The van der Waals surface area contributed by atoms with Crippen LogP contribution in [0.2, 0.25) is 0 Å². The van der Waals surface area contributed by atoms with Gasteiger partial charge in [0.05, 0.1) is 22.8 Å². The summed E-state index contributed by atoms with van der Waals surface area (Å²) < 4.78 is 0. The number of piperazine rings is 2. The Hall–Kier alpha value is -3.23. The number of pyridine rings is 3. The quantitative estimate of drug-likeness (QED) is 0.659. The van der Waals surface area contributed by atoms with Crippen LogP contribution < -0.4 is 15.2 Å². The Morgan fingerprint density at radius 3 is 2.00 bits per heavy atom. The first-order valence-electron chi connectivity index (χ1n) is 11.6. The third-order valence-electron chi connectivity index (χ3n) is 6.60. The van der Waals surface area contributed by atoms with Gasteiger partial charge in [-0.25, -0.2) is 4.98 Å². The number of aromatic nitrogens is 3. The highest BCUT2D eigenvalue weighted by molar-refractivity contribution is 5.71. The Labute approximate surface area is 194 Å². The first-order valence-corrected chi connectivity index (χ1v) is 11.6. The van der Waals surface area contributed by atoms with Crippen molar-refractivity contribution in [1.82, 2.24) is 24.8 Å². The molecule has 5 rings (SSSR count). The predicted octanol–water partition coefficient (Wildman–Crippen LogP) is 2.00. The maximum absolute atomic E-state index is 12.0. The van der Waals surface area contributed by atoms with Crippen LogP contribution in [0.3, 0.4) is 0 Å². The molecule has 0 amide bonds. The Kier molecular flexibility index (Phi) is 6.11. The van der Waals surface area contributed by atoms with Gasteiger partial charge >= 0.3 is 0 Å². The number of nitrogens with zero attached hydrogens (tertiary/aromatic N) is 6. The van der Waals surface area contributed by atoms with Crippen LogP contribution in [0.4, 0.5) is 11.4 Å². The number of aromatic amines is 1. The average Bonchev–Trinajstić information content (AvgIpc) is 2.85. The summed E-state index contributed by atoms with van der Waals surface area (Å²) in [4.78, 5) is 34.3. The molecule has 0 unspecified atom stereocenters. The van der Waals surface area contributed by atoms with Crippen LogP contribution in [0, 0.1) is 0 Å². The molecule has 3 aromatic rings. The molecule has 3 aromatic heterocycles. The van der Waals surface area contributed by atoms with Gasteiger partial charge in [0.2, 0.25) is 0 Å². The van der Waals surface area contributed by atoms with Crippen LogP contribution in [0.5, 0.6) is 0 Å². The number of hydrogen-bond acceptors (Lipinski definition) is 7. The van der Waals surface area contributed by atoms with Gasteiger partial charge in [-0.1, -0.05) is 0 Å². The van der Waals surface area contributed by atoms with E-state index in [0.29, 0.717) is 0 Å². The summed E-state index contributed by atoms with van der Waals surface area (Å²) in [5.74, 6) is 0. The van der Waals surface area contributed by atoms with Crippen LogP contribution in [0.25, 0.3) is 22.8 Å². The molecule has 2 aliphatic rings. The first-order chi connectivity index (χ1) is 16.0. The van der Waals surface area contributed by atoms with Gasteiger partial charge in [0.1, 0.15) is 0 Å². The Morgan fingerprint density at radius 2 is 1.33 bits per heavy atom. The van der Waals surface area contributed by atoms with Gasteiger partial charge in [-0.3, -0.25) is 9.78 Å². The zero-order chi connectivity index (χ0) is 22.8. The van der Waals surface area contributed by atoms with Crippen molar-refractivity contribution in [2.45, 2.75) is 0 Å². The third-order valence-corrected chi connectivity index (χ3v) is 6.60. The lowest BCUT2D eigenvalue weighted by Crippen LogP contribution is -2.44. The van der Waals surface area contributed by atoms with Crippen LogP contribution in [0.15, 0.2) is 53.6 Å². The number of nitrogens with one attached hydrogen (secondary N) is 1. The van der Waals surface area contributed by atoms with E-state index in [1.807, 2.05) is 6.20 Å². The van der Waals surface area contributed by atoms with Crippen molar-refractivity contribution in [3.05, 3.63) is 59.0 Å². The SMILES string of the molecule is CN1CCN(c2ccnc(-c3cc(N4CCN(C)CC4)cc(-c4cc(=O)cc[nH]4)n3)c2)CC1. The van der Waals surface area contributed by atoms with Crippen LogP contribution in [-0.4, -0.2) is 91.2 Å². The maximum Gasteiger partial charge on any atom is 0.182 e. The molecular formula is C25H31N7O. The fourth-order valence-electron chi connectivity index (χ4n) is 4.45. The molecule has 2 saturated heterocycles. The fourth-order valence-corrected chi connectivity index (χ4v) is 4.45. The summed E-state index contributed by atoms with van der Waals surface area (Å²) >= 11 is 0. The van der Waals surface area contributed by atoms with Crippen molar-refractivity contribution >= 4 is 11.4 Å². The molecule has 1 N–H and O–H groups in total. The van der Waals surface area contributed by atoms with E-state index in [2.05, 4.69) is 67.9 Å². The molecule has 0 atom stereocenters. The van der Waals surface area contributed by atoms with Crippen LogP contribution in [-0.2, 0) is 0 Å². The smallest absolute Gasteiger partial charge is 0.182 e. The predicted molar refractivity (Wildman–Crippen MR) is 133 cm³/mol. The number of H-pyrrole nitrogens is 1. The summed E-state index contributed by atoms with van der Waals surface area (Å²) in [6.07, 6.45) is 3.55. The monoisotopic (exact) mass is 445 g/mol. The second-order valence-electron chi connectivity index (χ2n) is 9.01. The highest BCUT2D eigenvalue weighted by Crippen LogP contribution is 2.29. The zero-order valence-corrected chi connectivity index (χ0v) is 19.4. The minimum absolute atomic E-state index is 0.0349. The number of rotatable bonds is 4. The minimum atomic E-state index is -0.0349. The first kappa shape index (κ1) is 21.6. The van der Waals surface area contributed by atoms with Crippen molar-refractivity contribution < 1.29 is 0 Å². The Bertz CT molecular complexity index is 1160. The van der Waals surface area contributed by atoms with E-state index in [-0.39, 0.29) is 5.43 Å². The molecule has 0 saturated carbocycles. The lowest BCUT2D eigenvalue weighted by Gasteiger charge is -2.34. The second-order valence-corrected chi connectivity index (χ2v) is 9.01. The van der Waals surface area contributed by atoms with Gasteiger partial charge in [0, 0.05) is 88.3 Å². The molecule has 33 heavy (non-hydrogen) atoms. The molecule has 8 heteroatoms. The molecule has 8 nitrogen and oxygen atoms in total. The molecule has 0 spiro atoms. The molecule has 5 heterocycles. The molecule has 0 bridgehead atoms. The van der Waals surface area contributed by atoms with Gasteiger partial charge in [-0.15, -0.1) is 0 Å². The normalized spacial score (nSPS) is 18.0. The van der Waals surface area contributed by atoms with Gasteiger partial charge in [-0.2, -0.15) is 0 Å². The summed E-state index contributed by atoms with van der Waals surface area (Å²) in [6, 6.07) is 11.5. The molecule has 0 radical (unpaired) electrons. The van der Waals surface area contributed by atoms with E-state index in [1.165, 1.54) is 11.8 Å². The van der Waals surface area contributed by atoms with Crippen molar-refractivity contribution in [3.8, 4) is 22.8 Å². The highest BCUT2D eigenvalue weighted by Gasteiger charge is 2.19. The van der Waals surface area contributed by atoms with E-state index in [0.717, 1.165) is 80.8 Å². The minimum Gasteiger partial charge on any atom is -0.369 e. The van der Waals surface area contributed by atoms with E-state index >= 15 is 0 Å². The lowest BCUT2D eigenvalue weighted by molar-refractivity contribution is 0.313. The van der Waals surface area contributed by atoms with Crippen molar-refractivity contribution in [2.24, 2.45) is 0 Å². The summed E-state index contributed by atoms with van der Waals surface area (Å²) in [5, 5.41) is 0. The summed E-state index contributed by atoms with van der Waals surface area (Å²) in [5.41, 5.74) is 5.39. The number of hydrogen-bond donors (Lipinski definition) is 1. The van der Waals surface area contributed by atoms with Crippen molar-refractivity contribution in [2.75, 3.05) is 76.3 Å². The van der Waals surface area contributed by atoms with Crippen molar-refractivity contribution in [3.63, 3.8) is 0 Å². The lowest BCUT2D eigenvalue weighted by atomic mass is 10.1. The van der Waals surface area contributed by atoms with Gasteiger partial charge in [0.25, 0.3) is 0 Å². The zero-order valence-electron chi connectivity index (χ0n) is 19.4. The second kappa shape index (κ2) is 9.33. The third kappa shape index (κ3) is 4.91. The van der Waals surface area contributed by atoms with Gasteiger partial charge in [0.15, 0.2) is 5.43 Å². The van der Waals surface area contributed by atoms with E-state index in [4.69, 9.17) is 4.98 Å². The molecule has 2 fully saturated rings. The molecule has 0 aliphatic carbocycles.